The number of amides is 1. The quantitative estimate of drug-likeness (QED) is 0.428. The van der Waals surface area contributed by atoms with Crippen molar-refractivity contribution < 1.29 is 27.6 Å². The Morgan fingerprint density at radius 3 is 2.60 bits per heavy atom. The van der Waals surface area contributed by atoms with Crippen LogP contribution in [0.4, 0.5) is 19.0 Å². The van der Waals surface area contributed by atoms with E-state index in [4.69, 9.17) is 4.74 Å². The third-order valence-electron chi connectivity index (χ3n) is 4.21. The van der Waals surface area contributed by atoms with E-state index in [1.54, 1.807) is 30.3 Å². The first-order valence-corrected chi connectivity index (χ1v) is 8.70. The van der Waals surface area contributed by atoms with E-state index in [9.17, 15) is 28.1 Å². The molecule has 2 aromatic heterocycles. The minimum atomic E-state index is -5.04. The summed E-state index contributed by atoms with van der Waals surface area (Å²) in [6.45, 7) is 0.837. The van der Waals surface area contributed by atoms with Crippen LogP contribution in [-0.4, -0.2) is 49.2 Å². The van der Waals surface area contributed by atoms with Crippen molar-refractivity contribution in [2.75, 3.05) is 6.61 Å². The molecule has 9 nitrogen and oxygen atoms in total. The Bertz CT molecular complexity index is 1050. The number of rotatable bonds is 7. The lowest BCUT2D eigenvalue weighted by Gasteiger charge is -2.29. The van der Waals surface area contributed by atoms with Gasteiger partial charge in [0.25, 0.3) is 5.88 Å². The molecule has 1 aromatic carbocycles. The summed E-state index contributed by atoms with van der Waals surface area (Å²) in [5.41, 5.74) is 0.732. The lowest BCUT2D eigenvalue weighted by Crippen LogP contribution is -2.47. The van der Waals surface area contributed by atoms with Crippen molar-refractivity contribution in [1.29, 1.82) is 0 Å². The Morgan fingerprint density at radius 1 is 1.27 bits per heavy atom. The molecule has 0 aliphatic rings. The number of alkyl halides is 3. The molecule has 3 aromatic rings. The van der Waals surface area contributed by atoms with Crippen molar-refractivity contribution >= 4 is 17.4 Å². The Morgan fingerprint density at radius 2 is 1.97 bits per heavy atom. The van der Waals surface area contributed by atoms with Gasteiger partial charge in [-0.1, -0.05) is 34.8 Å². The third-order valence-corrected chi connectivity index (χ3v) is 4.21. The minimum absolute atomic E-state index is 0.0606. The number of nitrogens with zero attached hydrogens (tertiary/aromatic N) is 5. The number of fused-ring (bicyclic) bond motifs is 1. The van der Waals surface area contributed by atoms with E-state index in [0.717, 1.165) is 10.7 Å². The number of hydrogen-bond acceptors (Lipinski definition) is 6. The summed E-state index contributed by atoms with van der Waals surface area (Å²) in [5, 5.41) is 14.9. The van der Waals surface area contributed by atoms with Crippen molar-refractivity contribution in [2.45, 2.75) is 25.7 Å². The molecule has 0 radical (unpaired) electrons. The molecule has 0 aliphatic heterocycles. The Kier molecular flexibility index (Phi) is 5.85. The van der Waals surface area contributed by atoms with Gasteiger partial charge < -0.3 is 19.8 Å². The molecule has 2 heterocycles. The van der Waals surface area contributed by atoms with Crippen molar-refractivity contribution in [3.8, 4) is 5.88 Å². The first-order chi connectivity index (χ1) is 14.2. The molecule has 1 amide bonds. The number of hydrogen-bond donors (Lipinski definition) is 0. The van der Waals surface area contributed by atoms with Crippen molar-refractivity contribution in [3.05, 3.63) is 64.3 Å². The van der Waals surface area contributed by atoms with Gasteiger partial charge in [-0.3, -0.25) is 4.79 Å². The zero-order valence-electron chi connectivity index (χ0n) is 15.6. The average Bonchev–Trinajstić information content (AvgIpc) is 3.13. The summed E-state index contributed by atoms with van der Waals surface area (Å²) in [5.74, 6) is -2.44. The predicted octanol–water partition coefficient (Wildman–Crippen LogP) is 3.00. The van der Waals surface area contributed by atoms with Gasteiger partial charge in [0.1, 0.15) is 12.8 Å². The third kappa shape index (κ3) is 4.64. The van der Waals surface area contributed by atoms with E-state index in [2.05, 4.69) is 10.1 Å². The van der Waals surface area contributed by atoms with Crippen LogP contribution < -0.4 is 4.74 Å². The van der Waals surface area contributed by atoms with Crippen molar-refractivity contribution in [2.24, 2.45) is 0 Å². The fourth-order valence-electron chi connectivity index (χ4n) is 2.71. The maximum absolute atomic E-state index is 13.1. The molecular weight excluding hydrogens is 407 g/mol. The summed E-state index contributed by atoms with van der Waals surface area (Å²) >= 11 is 0. The molecule has 3 rings (SSSR count). The van der Waals surface area contributed by atoms with Crippen LogP contribution in [0.25, 0.3) is 5.65 Å². The van der Waals surface area contributed by atoms with Crippen LogP contribution in [-0.2, 0) is 11.3 Å². The van der Waals surface area contributed by atoms with Crippen molar-refractivity contribution in [1.82, 2.24) is 19.5 Å². The van der Waals surface area contributed by atoms with Gasteiger partial charge in [0.05, 0.1) is 6.04 Å². The molecule has 12 heteroatoms. The van der Waals surface area contributed by atoms with Crippen molar-refractivity contribution in [3.63, 3.8) is 0 Å². The van der Waals surface area contributed by atoms with Gasteiger partial charge in [0, 0.05) is 18.7 Å². The minimum Gasteiger partial charge on any atom is -0.473 e. The first-order valence-electron chi connectivity index (χ1n) is 8.70. The van der Waals surface area contributed by atoms with E-state index < -0.39 is 23.0 Å². The zero-order valence-corrected chi connectivity index (χ0v) is 15.6. The standard InChI is InChI=1S/C18H16F3N5O4/c1-12(24(17(27)18(19,20)21)10-13-5-3-2-4-6-13)11-30-15-8-7-14-22-9-16(26(28)29)25(14)23-15/h2-9,12H,10-11H2,1H3/t12-/m1/s1. The van der Waals surface area contributed by atoms with Gasteiger partial charge >= 0.3 is 17.9 Å². The Hall–Kier alpha value is -3.70. The van der Waals surface area contributed by atoms with Gasteiger partial charge in [-0.2, -0.15) is 13.2 Å². The monoisotopic (exact) mass is 423 g/mol. The second-order valence-corrected chi connectivity index (χ2v) is 6.39. The molecule has 30 heavy (non-hydrogen) atoms. The zero-order chi connectivity index (χ0) is 21.9. The van der Waals surface area contributed by atoms with Crippen LogP contribution in [0.1, 0.15) is 12.5 Å². The molecule has 0 unspecified atom stereocenters. The van der Waals surface area contributed by atoms with Crippen LogP contribution in [0, 0.1) is 10.1 Å². The van der Waals surface area contributed by atoms with E-state index in [-0.39, 0.29) is 30.5 Å². The molecule has 0 saturated heterocycles. The largest absolute Gasteiger partial charge is 0.473 e. The predicted molar refractivity (Wildman–Crippen MR) is 97.6 cm³/mol. The smallest absolute Gasteiger partial charge is 0.471 e. The number of halogens is 3. The van der Waals surface area contributed by atoms with Gasteiger partial charge in [0.2, 0.25) is 5.65 Å². The lowest BCUT2D eigenvalue weighted by molar-refractivity contribution is -0.391. The summed E-state index contributed by atoms with van der Waals surface area (Å²) in [6.07, 6.45) is -4.02. The van der Waals surface area contributed by atoms with Crippen LogP contribution in [0.2, 0.25) is 0 Å². The van der Waals surface area contributed by atoms with Gasteiger partial charge in [-0.05, 0) is 22.5 Å². The van der Waals surface area contributed by atoms with E-state index >= 15 is 0 Å². The molecule has 0 spiro atoms. The summed E-state index contributed by atoms with van der Waals surface area (Å²) in [6, 6.07) is 10.1. The fourth-order valence-corrected chi connectivity index (χ4v) is 2.71. The lowest BCUT2D eigenvalue weighted by atomic mass is 10.2. The second-order valence-electron chi connectivity index (χ2n) is 6.39. The summed E-state index contributed by atoms with van der Waals surface area (Å²) < 4.78 is 45.6. The number of carbonyl (C=O) groups is 1. The molecule has 1 atom stereocenters. The number of aromatic nitrogens is 3. The molecule has 0 bridgehead atoms. The normalized spacial score (nSPS) is 12.5. The number of ether oxygens (including phenoxy) is 1. The fraction of sp³-hybridized carbons (Fsp3) is 0.278. The van der Waals surface area contributed by atoms with Crippen LogP contribution in [0.5, 0.6) is 5.88 Å². The molecule has 0 saturated carbocycles. The maximum Gasteiger partial charge on any atom is 0.471 e. The second kappa shape index (κ2) is 8.35. The molecule has 0 fully saturated rings. The number of imidazole rings is 1. The van der Waals surface area contributed by atoms with E-state index in [1.807, 2.05) is 0 Å². The number of nitro groups is 1. The number of carbonyl (C=O) groups excluding carboxylic acids is 1. The average molecular weight is 423 g/mol. The number of benzene rings is 1. The molecule has 158 valence electrons. The Balaban J connectivity index is 1.77. The first kappa shape index (κ1) is 21.0. The Labute approximate surface area is 167 Å². The van der Waals surface area contributed by atoms with Crippen LogP contribution in [0.3, 0.4) is 0 Å². The van der Waals surface area contributed by atoms with E-state index in [1.165, 1.54) is 19.1 Å². The highest BCUT2D eigenvalue weighted by Crippen LogP contribution is 2.23. The maximum atomic E-state index is 13.1. The SMILES string of the molecule is C[C@H](COc1ccc2ncc([N+](=O)[O-])n2n1)N(Cc1ccccc1)C(=O)C(F)(F)F. The molecule has 0 aliphatic carbocycles. The summed E-state index contributed by atoms with van der Waals surface area (Å²) in [4.78, 5) is 26.7. The van der Waals surface area contributed by atoms with Crippen LogP contribution >= 0.6 is 0 Å². The van der Waals surface area contributed by atoms with Gasteiger partial charge in [-0.15, -0.1) is 0 Å². The van der Waals surface area contributed by atoms with Crippen LogP contribution in [0.15, 0.2) is 48.7 Å². The van der Waals surface area contributed by atoms with E-state index in [0.29, 0.717) is 10.5 Å². The van der Waals surface area contributed by atoms with Gasteiger partial charge in [-0.25, -0.2) is 4.98 Å². The highest BCUT2D eigenvalue weighted by Gasteiger charge is 2.44. The molecular formula is C18H16F3N5O4. The molecule has 0 N–H and O–H groups in total. The topological polar surface area (TPSA) is 103 Å². The highest BCUT2D eigenvalue weighted by molar-refractivity contribution is 5.82. The highest BCUT2D eigenvalue weighted by atomic mass is 19.4. The van der Waals surface area contributed by atoms with Gasteiger partial charge in [0.15, 0.2) is 0 Å². The summed E-state index contributed by atoms with van der Waals surface area (Å²) in [7, 11) is 0.